The van der Waals surface area contributed by atoms with Gasteiger partial charge in [-0.25, -0.2) is 19.2 Å². The molecular formula is C50H29Br6NO12. The average Bonchev–Trinajstić information content (AvgIpc) is 3.67. The molecule has 0 radical (unpaired) electrons. The molecule has 69 heavy (non-hydrogen) atoms. The van der Waals surface area contributed by atoms with Gasteiger partial charge in [0.25, 0.3) is 0 Å². The van der Waals surface area contributed by atoms with Gasteiger partial charge in [0.15, 0.2) is 34.5 Å². The first kappa shape index (κ1) is 48.3. The average molecular weight is 1320 g/mol. The van der Waals surface area contributed by atoms with Gasteiger partial charge in [0.05, 0.1) is 50.6 Å². The van der Waals surface area contributed by atoms with E-state index in [0.29, 0.717) is 65.0 Å². The van der Waals surface area contributed by atoms with Gasteiger partial charge in [-0.2, -0.15) is 0 Å². The number of aromatic nitrogens is 1. The van der Waals surface area contributed by atoms with E-state index in [9.17, 15) is 19.2 Å². The van der Waals surface area contributed by atoms with Crippen LogP contribution in [-0.4, -0.2) is 50.7 Å². The maximum absolute atomic E-state index is 14.6. The molecule has 0 bridgehead atoms. The van der Waals surface area contributed by atoms with Gasteiger partial charge in [0.1, 0.15) is 11.1 Å². The Balaban J connectivity index is 1.33. The van der Waals surface area contributed by atoms with E-state index in [1.54, 1.807) is 102 Å². The zero-order valence-electron chi connectivity index (χ0n) is 35.9. The Hall–Kier alpha value is -5.70. The zero-order valence-corrected chi connectivity index (χ0v) is 45.4. The number of rotatable bonds is 11. The minimum Gasteiger partial charge on any atom is -0.493 e. The Morgan fingerprint density at radius 2 is 0.957 bits per heavy atom. The summed E-state index contributed by atoms with van der Waals surface area (Å²) in [5, 5.41) is 1.64. The first-order valence-corrected chi connectivity index (χ1v) is 24.8. The molecule has 0 aliphatic rings. The Morgan fingerprint density at radius 1 is 0.464 bits per heavy atom. The highest BCUT2D eigenvalue weighted by Gasteiger charge is 2.29. The predicted octanol–water partition coefficient (Wildman–Crippen LogP) is 14.3. The van der Waals surface area contributed by atoms with E-state index in [1.165, 1.54) is 34.5 Å². The van der Waals surface area contributed by atoms with Gasteiger partial charge in [-0.3, -0.25) is 0 Å². The van der Waals surface area contributed by atoms with Gasteiger partial charge in [0, 0.05) is 66.2 Å². The molecule has 0 aliphatic carbocycles. The smallest absolute Gasteiger partial charge is 0.361 e. The summed E-state index contributed by atoms with van der Waals surface area (Å²) in [6.07, 6.45) is 1.65. The standard InChI is InChI=1S/C50H29Br6NO12/c1-62-37-15-22(5-6-35(37)66-47(58)23-9-26(51)16-27(52)10-23)41-42-34-20-38(63-2)39(68-48(59)24-11-28(53)17-29(54)12-24)21-36(34)67-50(61)44(42)57-8-7-32-33(43(41)57)19-40(64-3)46(65-4)45(32)69-49(60)25-13-30(55)18-31(56)14-25/h5-21H,1-4H3. The molecule has 9 rings (SSSR count). The van der Waals surface area contributed by atoms with Crippen molar-refractivity contribution in [3.05, 3.63) is 157 Å². The summed E-state index contributed by atoms with van der Waals surface area (Å²) in [5.41, 5.74) is 1.55. The van der Waals surface area contributed by atoms with Crippen molar-refractivity contribution in [1.82, 2.24) is 4.40 Å². The van der Waals surface area contributed by atoms with Gasteiger partial charge in [-0.1, -0.05) is 102 Å². The number of methoxy groups -OCH3 is 4. The molecule has 9 aromatic rings. The number of pyridine rings is 1. The van der Waals surface area contributed by atoms with Crippen LogP contribution in [0.4, 0.5) is 0 Å². The summed E-state index contributed by atoms with van der Waals surface area (Å²) in [5.74, 6) is -1.27. The minimum absolute atomic E-state index is 0.0181. The number of fused-ring (bicyclic) bond motifs is 7. The molecule has 0 atom stereocenters. The molecule has 0 fully saturated rings. The second kappa shape index (κ2) is 19.6. The van der Waals surface area contributed by atoms with Crippen LogP contribution in [0.2, 0.25) is 0 Å². The minimum atomic E-state index is -0.749. The summed E-state index contributed by atoms with van der Waals surface area (Å²) in [6.45, 7) is 0. The van der Waals surface area contributed by atoms with Gasteiger partial charge in [0.2, 0.25) is 5.75 Å². The molecule has 0 unspecified atom stereocenters. The normalized spacial score (nSPS) is 11.3. The number of benzene rings is 6. The van der Waals surface area contributed by atoms with Gasteiger partial charge in [-0.15, -0.1) is 0 Å². The van der Waals surface area contributed by atoms with Crippen molar-refractivity contribution >= 4 is 152 Å². The second-order valence-corrected chi connectivity index (χ2v) is 20.4. The summed E-state index contributed by atoms with van der Waals surface area (Å²) in [4.78, 5) is 55.6. The Kier molecular flexibility index (Phi) is 13.7. The second-order valence-electron chi connectivity index (χ2n) is 14.9. The van der Waals surface area contributed by atoms with Crippen molar-refractivity contribution in [2.45, 2.75) is 0 Å². The lowest BCUT2D eigenvalue weighted by Crippen LogP contribution is -2.10. The van der Waals surface area contributed by atoms with E-state index >= 15 is 0 Å². The molecule has 6 aromatic carbocycles. The van der Waals surface area contributed by atoms with E-state index in [0.717, 1.165) is 0 Å². The van der Waals surface area contributed by atoms with Crippen molar-refractivity contribution in [1.29, 1.82) is 0 Å². The van der Waals surface area contributed by atoms with Crippen LogP contribution in [-0.2, 0) is 0 Å². The molecular weight excluding hydrogens is 1290 g/mol. The van der Waals surface area contributed by atoms with Gasteiger partial charge < -0.3 is 42.0 Å². The van der Waals surface area contributed by atoms with E-state index < -0.39 is 23.5 Å². The first-order chi connectivity index (χ1) is 33.1. The number of ether oxygens (including phenoxy) is 7. The molecule has 0 amide bonds. The van der Waals surface area contributed by atoms with Crippen LogP contribution in [0, 0.1) is 0 Å². The van der Waals surface area contributed by atoms with Crippen LogP contribution in [0.25, 0.3) is 49.3 Å². The maximum Gasteiger partial charge on any atom is 0.361 e. The molecule has 0 saturated carbocycles. The highest BCUT2D eigenvalue weighted by molar-refractivity contribution is 9.11. The molecule has 3 heterocycles. The van der Waals surface area contributed by atoms with E-state index in [4.69, 9.17) is 37.6 Å². The van der Waals surface area contributed by atoms with Crippen molar-refractivity contribution in [2.75, 3.05) is 28.4 Å². The maximum atomic E-state index is 14.6. The van der Waals surface area contributed by atoms with Crippen LogP contribution in [0.15, 0.2) is 139 Å². The first-order valence-electron chi connectivity index (χ1n) is 20.0. The third kappa shape index (κ3) is 9.27. The highest BCUT2D eigenvalue weighted by Crippen LogP contribution is 2.50. The van der Waals surface area contributed by atoms with Gasteiger partial charge in [-0.05, 0) is 90.5 Å². The molecule has 0 saturated heterocycles. The lowest BCUT2D eigenvalue weighted by atomic mass is 9.97. The van der Waals surface area contributed by atoms with Crippen LogP contribution in [0.5, 0.6) is 40.2 Å². The molecule has 0 spiro atoms. The number of halogens is 6. The Bertz CT molecular complexity index is 3660. The summed E-state index contributed by atoms with van der Waals surface area (Å²) in [7, 11) is 5.73. The van der Waals surface area contributed by atoms with E-state index in [-0.39, 0.29) is 68.0 Å². The Labute approximate surface area is 441 Å². The van der Waals surface area contributed by atoms with Crippen molar-refractivity contribution < 1.29 is 52.0 Å². The number of esters is 3. The molecule has 19 heteroatoms. The number of carbonyl (C=O) groups is 3. The molecule has 348 valence electrons. The monoisotopic (exact) mass is 1310 g/mol. The van der Waals surface area contributed by atoms with Crippen molar-refractivity contribution in [2.24, 2.45) is 0 Å². The van der Waals surface area contributed by atoms with Gasteiger partial charge >= 0.3 is 23.5 Å². The zero-order chi connectivity index (χ0) is 49.0. The largest absolute Gasteiger partial charge is 0.493 e. The van der Waals surface area contributed by atoms with Crippen LogP contribution < -0.4 is 38.8 Å². The van der Waals surface area contributed by atoms with E-state index in [2.05, 4.69) is 95.6 Å². The fourth-order valence-electron chi connectivity index (χ4n) is 7.93. The SMILES string of the molecule is COc1cc(-c2c3c4cc(OC)c(OC(=O)c5cc(Br)cc(Br)c5)cc4oc(=O)c3n3ccc4c(OC(=O)c5cc(Br)cc(Br)c5)c(OC)c(OC)cc4c23)ccc1OC(=O)c1cc(Br)cc(Br)c1. The van der Waals surface area contributed by atoms with Crippen LogP contribution >= 0.6 is 95.6 Å². The molecule has 0 N–H and O–H groups in total. The van der Waals surface area contributed by atoms with Crippen LogP contribution in [0.1, 0.15) is 31.1 Å². The molecule has 0 aliphatic heterocycles. The molecule has 13 nitrogen and oxygen atoms in total. The van der Waals surface area contributed by atoms with Crippen molar-refractivity contribution in [3.8, 4) is 51.4 Å². The fourth-order valence-corrected chi connectivity index (χ4v) is 11.8. The third-order valence-corrected chi connectivity index (χ3v) is 13.5. The van der Waals surface area contributed by atoms with E-state index in [1.807, 2.05) is 0 Å². The van der Waals surface area contributed by atoms with Crippen LogP contribution in [0.3, 0.4) is 0 Å². The summed E-state index contributed by atoms with van der Waals surface area (Å²) < 4.78 is 53.0. The fraction of sp³-hybridized carbons (Fsp3) is 0.0800. The highest BCUT2D eigenvalue weighted by atomic mass is 79.9. The molecule has 3 aromatic heterocycles. The predicted molar refractivity (Wildman–Crippen MR) is 280 cm³/mol. The number of hydrogen-bond acceptors (Lipinski definition) is 12. The Morgan fingerprint density at radius 3 is 1.48 bits per heavy atom. The summed E-state index contributed by atoms with van der Waals surface area (Å²) in [6, 6.07) is 26.4. The van der Waals surface area contributed by atoms with Crippen molar-refractivity contribution in [3.63, 3.8) is 0 Å². The summed E-state index contributed by atoms with van der Waals surface area (Å²) >= 11 is 20.6. The number of carbonyl (C=O) groups excluding carboxylic acids is 3. The topological polar surface area (TPSA) is 150 Å². The lowest BCUT2D eigenvalue weighted by molar-refractivity contribution is 0.0720. The number of hydrogen-bond donors (Lipinski definition) is 0. The number of nitrogens with zero attached hydrogens (tertiary/aromatic N) is 1. The quantitative estimate of drug-likeness (QED) is 0.0689. The third-order valence-electron chi connectivity index (χ3n) is 10.8. The lowest BCUT2D eigenvalue weighted by Gasteiger charge is -2.17.